The molecule has 7 heteroatoms. The monoisotopic (exact) mass is 370 g/mol. The third kappa shape index (κ3) is 6.13. The minimum absolute atomic E-state index is 0. The van der Waals surface area contributed by atoms with Crippen LogP contribution >= 0.6 is 12.4 Å². The number of hydrogen-bond acceptors (Lipinski definition) is 4. The summed E-state index contributed by atoms with van der Waals surface area (Å²) in [6.45, 7) is 4.14. The maximum Gasteiger partial charge on any atom is 0.240 e. The second kappa shape index (κ2) is 9.03. The first-order valence-electron chi connectivity index (χ1n) is 7.47. The van der Waals surface area contributed by atoms with E-state index in [-0.39, 0.29) is 23.3 Å². The fourth-order valence-corrected chi connectivity index (χ4v) is 3.05. The van der Waals surface area contributed by atoms with Gasteiger partial charge in [0.25, 0.3) is 0 Å². The molecule has 0 saturated carbocycles. The first-order chi connectivity index (χ1) is 10.9. The van der Waals surface area contributed by atoms with Gasteiger partial charge in [0, 0.05) is 12.6 Å². The Morgan fingerprint density at radius 1 is 1.12 bits per heavy atom. The average Bonchev–Trinajstić information content (AvgIpc) is 2.47. The molecular weight excluding hydrogens is 348 g/mol. The number of hydrogen-bond donors (Lipinski definition) is 2. The molecule has 1 atom stereocenters. The average molecular weight is 371 g/mol. The van der Waals surface area contributed by atoms with E-state index in [9.17, 15) is 8.42 Å². The van der Waals surface area contributed by atoms with Gasteiger partial charge in [-0.05, 0) is 62.2 Å². The van der Waals surface area contributed by atoms with Crippen molar-refractivity contribution in [1.29, 1.82) is 0 Å². The number of halogens is 1. The van der Waals surface area contributed by atoms with E-state index in [1.807, 2.05) is 38.1 Å². The molecule has 0 bridgehead atoms. The van der Waals surface area contributed by atoms with Crippen LogP contribution < -0.4 is 15.2 Å². The summed E-state index contributed by atoms with van der Waals surface area (Å²) in [5, 5.41) is 0. The summed E-state index contributed by atoms with van der Waals surface area (Å²) in [6, 6.07) is 14.0. The largest absolute Gasteiger partial charge is 0.457 e. The van der Waals surface area contributed by atoms with E-state index in [1.165, 1.54) is 12.1 Å². The number of sulfonamides is 1. The third-order valence-corrected chi connectivity index (χ3v) is 4.73. The summed E-state index contributed by atoms with van der Waals surface area (Å²) < 4.78 is 32.5. The van der Waals surface area contributed by atoms with Crippen molar-refractivity contribution in [2.45, 2.75) is 31.2 Å². The van der Waals surface area contributed by atoms with Gasteiger partial charge in [-0.15, -0.1) is 12.4 Å². The Kier molecular flexibility index (Phi) is 7.69. The van der Waals surface area contributed by atoms with Gasteiger partial charge in [0.1, 0.15) is 11.5 Å². The van der Waals surface area contributed by atoms with Crippen LogP contribution in [0.2, 0.25) is 0 Å². The SMILES string of the molecule is Cc1cccc(Oc2ccc(S(=O)(=O)NCCC(C)N)cc2)c1.Cl. The van der Waals surface area contributed by atoms with E-state index in [0.717, 1.165) is 11.3 Å². The lowest BCUT2D eigenvalue weighted by Crippen LogP contribution is -2.29. The molecule has 0 aromatic heterocycles. The molecule has 0 aliphatic heterocycles. The van der Waals surface area contributed by atoms with Crippen molar-refractivity contribution >= 4 is 22.4 Å². The zero-order valence-electron chi connectivity index (χ0n) is 13.7. The molecule has 0 fully saturated rings. The van der Waals surface area contributed by atoms with E-state index in [4.69, 9.17) is 10.5 Å². The molecule has 0 saturated heterocycles. The van der Waals surface area contributed by atoms with Crippen LogP contribution in [-0.2, 0) is 10.0 Å². The summed E-state index contributed by atoms with van der Waals surface area (Å²) in [7, 11) is -3.51. The maximum absolute atomic E-state index is 12.1. The number of nitrogens with one attached hydrogen (secondary N) is 1. The van der Waals surface area contributed by atoms with Gasteiger partial charge in [-0.1, -0.05) is 12.1 Å². The van der Waals surface area contributed by atoms with Crippen LogP contribution in [0.25, 0.3) is 0 Å². The van der Waals surface area contributed by atoms with Crippen LogP contribution in [0.3, 0.4) is 0 Å². The molecule has 5 nitrogen and oxygen atoms in total. The molecule has 2 aromatic rings. The normalized spacial score (nSPS) is 12.3. The number of aryl methyl sites for hydroxylation is 1. The van der Waals surface area contributed by atoms with Crippen molar-refractivity contribution in [2.75, 3.05) is 6.54 Å². The molecule has 0 radical (unpaired) electrons. The van der Waals surface area contributed by atoms with Gasteiger partial charge in [0.15, 0.2) is 0 Å². The van der Waals surface area contributed by atoms with Gasteiger partial charge in [0.05, 0.1) is 4.90 Å². The quantitative estimate of drug-likeness (QED) is 0.784. The van der Waals surface area contributed by atoms with Crippen molar-refractivity contribution in [3.05, 3.63) is 54.1 Å². The molecular formula is C17H23ClN2O3S. The topological polar surface area (TPSA) is 81.4 Å². The second-order valence-electron chi connectivity index (χ2n) is 5.55. The van der Waals surface area contributed by atoms with E-state index in [0.29, 0.717) is 18.7 Å². The Hall–Kier alpha value is -1.60. The van der Waals surface area contributed by atoms with Gasteiger partial charge >= 0.3 is 0 Å². The molecule has 2 aromatic carbocycles. The first-order valence-corrected chi connectivity index (χ1v) is 8.95. The zero-order chi connectivity index (χ0) is 16.9. The molecule has 3 N–H and O–H groups in total. The highest BCUT2D eigenvalue weighted by Gasteiger charge is 2.13. The lowest BCUT2D eigenvalue weighted by Gasteiger charge is -2.10. The predicted octanol–water partition coefficient (Wildman–Crippen LogP) is 3.22. The minimum atomic E-state index is -3.51. The lowest BCUT2D eigenvalue weighted by molar-refractivity contribution is 0.481. The molecule has 0 spiro atoms. The van der Waals surface area contributed by atoms with Crippen molar-refractivity contribution in [3.8, 4) is 11.5 Å². The number of ether oxygens (including phenoxy) is 1. The predicted molar refractivity (Wildman–Crippen MR) is 98.4 cm³/mol. The minimum Gasteiger partial charge on any atom is -0.457 e. The summed E-state index contributed by atoms with van der Waals surface area (Å²) >= 11 is 0. The van der Waals surface area contributed by atoms with E-state index in [1.54, 1.807) is 12.1 Å². The molecule has 24 heavy (non-hydrogen) atoms. The maximum atomic E-state index is 12.1. The molecule has 0 aliphatic rings. The van der Waals surface area contributed by atoms with Gasteiger partial charge in [-0.25, -0.2) is 13.1 Å². The van der Waals surface area contributed by atoms with Crippen molar-refractivity contribution < 1.29 is 13.2 Å². The van der Waals surface area contributed by atoms with Gasteiger partial charge < -0.3 is 10.5 Å². The standard InChI is InChI=1S/C17H22N2O3S.ClH/c1-13-4-3-5-16(12-13)22-15-6-8-17(9-7-15)23(20,21)19-11-10-14(2)18;/h3-9,12,14,19H,10-11,18H2,1-2H3;1H. The number of nitrogens with two attached hydrogens (primary N) is 1. The van der Waals surface area contributed by atoms with Crippen LogP contribution in [0.5, 0.6) is 11.5 Å². The highest BCUT2D eigenvalue weighted by Crippen LogP contribution is 2.23. The van der Waals surface area contributed by atoms with Crippen molar-refractivity contribution in [3.63, 3.8) is 0 Å². The van der Waals surface area contributed by atoms with E-state index in [2.05, 4.69) is 4.72 Å². The Bertz CT molecular complexity index is 747. The summed E-state index contributed by atoms with van der Waals surface area (Å²) in [5.41, 5.74) is 6.71. The van der Waals surface area contributed by atoms with Crippen LogP contribution in [0.15, 0.2) is 53.4 Å². The highest BCUT2D eigenvalue weighted by molar-refractivity contribution is 7.89. The summed E-state index contributed by atoms with van der Waals surface area (Å²) in [4.78, 5) is 0.207. The Morgan fingerprint density at radius 2 is 1.79 bits per heavy atom. The molecule has 0 amide bonds. The van der Waals surface area contributed by atoms with Gasteiger partial charge in [-0.3, -0.25) is 0 Å². The number of benzene rings is 2. The molecule has 2 rings (SSSR count). The zero-order valence-corrected chi connectivity index (χ0v) is 15.4. The van der Waals surface area contributed by atoms with E-state index < -0.39 is 10.0 Å². The summed E-state index contributed by atoms with van der Waals surface area (Å²) in [5.74, 6) is 1.31. The van der Waals surface area contributed by atoms with Gasteiger partial charge in [0.2, 0.25) is 10.0 Å². The summed E-state index contributed by atoms with van der Waals surface area (Å²) in [6.07, 6.45) is 0.591. The van der Waals surface area contributed by atoms with E-state index >= 15 is 0 Å². The smallest absolute Gasteiger partial charge is 0.240 e. The molecule has 0 aliphatic carbocycles. The molecule has 1 unspecified atom stereocenters. The van der Waals surface area contributed by atoms with Gasteiger partial charge in [-0.2, -0.15) is 0 Å². The third-order valence-electron chi connectivity index (χ3n) is 3.25. The second-order valence-corrected chi connectivity index (χ2v) is 7.32. The van der Waals surface area contributed by atoms with Crippen LogP contribution in [-0.4, -0.2) is 21.0 Å². The van der Waals surface area contributed by atoms with Crippen LogP contribution in [0.4, 0.5) is 0 Å². The van der Waals surface area contributed by atoms with Crippen LogP contribution in [0, 0.1) is 6.92 Å². The first kappa shape index (κ1) is 20.4. The van der Waals surface area contributed by atoms with Crippen LogP contribution in [0.1, 0.15) is 18.9 Å². The highest BCUT2D eigenvalue weighted by atomic mass is 35.5. The Balaban J connectivity index is 0.00000288. The molecule has 132 valence electrons. The van der Waals surface area contributed by atoms with Crippen molar-refractivity contribution in [1.82, 2.24) is 4.72 Å². The fraction of sp³-hybridized carbons (Fsp3) is 0.294. The number of rotatable bonds is 7. The Morgan fingerprint density at radius 3 is 2.38 bits per heavy atom. The van der Waals surface area contributed by atoms with Crippen molar-refractivity contribution in [2.24, 2.45) is 5.73 Å². The fourth-order valence-electron chi connectivity index (χ4n) is 2.01. The lowest BCUT2D eigenvalue weighted by atomic mass is 10.2. The molecule has 0 heterocycles. The Labute approximate surface area is 149 Å².